The number of thioether (sulfide) groups is 1. The van der Waals surface area contributed by atoms with Crippen LogP contribution in [0.25, 0.3) is 0 Å². The molecule has 3 heteroatoms. The fourth-order valence-electron chi connectivity index (χ4n) is 2.93. The summed E-state index contributed by atoms with van der Waals surface area (Å²) in [5, 5.41) is 1.72. The van der Waals surface area contributed by atoms with E-state index in [4.69, 9.17) is 0 Å². The van der Waals surface area contributed by atoms with Gasteiger partial charge in [-0.3, -0.25) is 0 Å². The van der Waals surface area contributed by atoms with Gasteiger partial charge in [0.2, 0.25) is 0 Å². The molecule has 1 aliphatic rings. The van der Waals surface area contributed by atoms with Gasteiger partial charge in [-0.1, -0.05) is 36.4 Å². The normalized spacial score (nSPS) is 21.7. The van der Waals surface area contributed by atoms with E-state index in [1.807, 2.05) is 11.8 Å². The second kappa shape index (κ2) is 5.76. The summed E-state index contributed by atoms with van der Waals surface area (Å²) in [6, 6.07) is 0. The standard InChI is InChI=1S/C14H27NSSi/c1-10-11(2)13(4)14(12(10)3)17(6,7)15-8-9-16-5/h12,15H,8-9H2,1-7H3. The van der Waals surface area contributed by atoms with E-state index in [1.54, 1.807) is 16.3 Å². The van der Waals surface area contributed by atoms with Crippen LogP contribution in [0.4, 0.5) is 0 Å². The summed E-state index contributed by atoms with van der Waals surface area (Å²) in [4.78, 5) is 3.84. The molecule has 1 unspecified atom stereocenters. The molecule has 0 saturated heterocycles. The zero-order valence-corrected chi connectivity index (χ0v) is 14.2. The predicted molar refractivity (Wildman–Crippen MR) is 84.1 cm³/mol. The highest BCUT2D eigenvalue weighted by Gasteiger charge is 2.35. The minimum absolute atomic E-state index is 0.651. The minimum Gasteiger partial charge on any atom is -0.333 e. The van der Waals surface area contributed by atoms with E-state index in [0.717, 1.165) is 6.54 Å². The molecular formula is C14H27NSSi. The Kier molecular flexibility index (Phi) is 5.11. The number of nitrogens with one attached hydrogen (secondary N) is 1. The fraction of sp³-hybridized carbons (Fsp3) is 0.714. The highest BCUT2D eigenvalue weighted by Crippen LogP contribution is 2.40. The van der Waals surface area contributed by atoms with Gasteiger partial charge in [0, 0.05) is 5.75 Å². The number of hydrogen-bond acceptors (Lipinski definition) is 2. The van der Waals surface area contributed by atoms with Gasteiger partial charge in [0.15, 0.2) is 0 Å². The van der Waals surface area contributed by atoms with Crippen LogP contribution in [-0.2, 0) is 0 Å². The lowest BCUT2D eigenvalue weighted by Gasteiger charge is -2.30. The van der Waals surface area contributed by atoms with Gasteiger partial charge >= 0.3 is 0 Å². The molecule has 0 heterocycles. The molecule has 1 aliphatic carbocycles. The number of hydrogen-bond donors (Lipinski definition) is 1. The fourth-order valence-corrected chi connectivity index (χ4v) is 6.79. The molecule has 0 saturated carbocycles. The minimum atomic E-state index is -1.44. The molecule has 0 spiro atoms. The monoisotopic (exact) mass is 269 g/mol. The van der Waals surface area contributed by atoms with Crippen molar-refractivity contribution >= 4 is 20.0 Å². The molecule has 17 heavy (non-hydrogen) atoms. The Labute approximate surface area is 112 Å². The molecule has 0 radical (unpaired) electrons. The van der Waals surface area contributed by atoms with Gasteiger partial charge in [-0.05, 0) is 45.1 Å². The van der Waals surface area contributed by atoms with E-state index in [1.165, 1.54) is 11.3 Å². The van der Waals surface area contributed by atoms with Crippen LogP contribution >= 0.6 is 11.8 Å². The van der Waals surface area contributed by atoms with Gasteiger partial charge in [0.1, 0.15) is 8.24 Å². The van der Waals surface area contributed by atoms with Gasteiger partial charge in [0.05, 0.1) is 0 Å². The zero-order valence-electron chi connectivity index (χ0n) is 12.4. The Balaban J connectivity index is 2.86. The van der Waals surface area contributed by atoms with Gasteiger partial charge in [-0.2, -0.15) is 11.8 Å². The summed E-state index contributed by atoms with van der Waals surface area (Å²) in [6.45, 7) is 15.3. The van der Waals surface area contributed by atoms with Gasteiger partial charge in [-0.25, -0.2) is 0 Å². The lowest BCUT2D eigenvalue weighted by molar-refractivity contribution is 0.832. The third-order valence-electron chi connectivity index (χ3n) is 4.19. The molecule has 1 N–H and O–H groups in total. The van der Waals surface area contributed by atoms with Crippen LogP contribution in [0.3, 0.4) is 0 Å². The molecule has 0 aliphatic heterocycles. The van der Waals surface area contributed by atoms with Crippen molar-refractivity contribution in [2.45, 2.75) is 40.8 Å². The molecule has 1 atom stereocenters. The van der Waals surface area contributed by atoms with Gasteiger partial charge in [0.25, 0.3) is 0 Å². The second-order valence-electron chi connectivity index (χ2n) is 5.61. The van der Waals surface area contributed by atoms with Crippen LogP contribution in [0, 0.1) is 5.92 Å². The Hall–Kier alpha value is 0.00688. The van der Waals surface area contributed by atoms with E-state index in [2.05, 4.69) is 52.0 Å². The van der Waals surface area contributed by atoms with Crippen molar-refractivity contribution in [1.29, 1.82) is 0 Å². The molecule has 0 aromatic rings. The Morgan fingerprint density at radius 3 is 2.18 bits per heavy atom. The zero-order chi connectivity index (χ0) is 13.2. The molecule has 98 valence electrons. The van der Waals surface area contributed by atoms with E-state index in [0.29, 0.717) is 5.92 Å². The van der Waals surface area contributed by atoms with E-state index >= 15 is 0 Å². The predicted octanol–water partition coefficient (Wildman–Crippen LogP) is 3.99. The van der Waals surface area contributed by atoms with Crippen LogP contribution in [0.15, 0.2) is 21.9 Å². The molecule has 0 bridgehead atoms. The third kappa shape index (κ3) is 3.07. The first-order valence-electron chi connectivity index (χ1n) is 6.46. The van der Waals surface area contributed by atoms with Crippen molar-refractivity contribution in [3.05, 3.63) is 21.9 Å². The summed E-state index contributed by atoms with van der Waals surface area (Å²) in [6.07, 6.45) is 2.18. The quantitative estimate of drug-likeness (QED) is 0.598. The average Bonchev–Trinajstić information content (AvgIpc) is 2.44. The van der Waals surface area contributed by atoms with Crippen molar-refractivity contribution in [2.24, 2.45) is 5.92 Å². The van der Waals surface area contributed by atoms with Crippen LogP contribution in [0.2, 0.25) is 13.1 Å². The van der Waals surface area contributed by atoms with E-state index in [9.17, 15) is 0 Å². The molecule has 1 nitrogen and oxygen atoms in total. The maximum atomic E-state index is 3.84. The summed E-state index contributed by atoms with van der Waals surface area (Å²) in [5.74, 6) is 1.86. The third-order valence-corrected chi connectivity index (χ3v) is 8.09. The maximum absolute atomic E-state index is 3.84. The molecule has 0 aromatic carbocycles. The summed E-state index contributed by atoms with van der Waals surface area (Å²) in [7, 11) is -1.44. The highest BCUT2D eigenvalue weighted by molar-refractivity contribution is 7.98. The first-order valence-corrected chi connectivity index (χ1v) is 10.8. The molecule has 0 aromatic heterocycles. The molecule has 1 rings (SSSR count). The van der Waals surface area contributed by atoms with Gasteiger partial charge < -0.3 is 4.98 Å². The Morgan fingerprint density at radius 1 is 1.18 bits per heavy atom. The van der Waals surface area contributed by atoms with Crippen molar-refractivity contribution < 1.29 is 0 Å². The SMILES string of the molecule is CSCCN[Si](C)(C)C1=C(C)C(C)=C(C)C1C. The van der Waals surface area contributed by atoms with Crippen LogP contribution < -0.4 is 4.98 Å². The summed E-state index contributed by atoms with van der Waals surface area (Å²) in [5.41, 5.74) is 4.66. The lowest BCUT2D eigenvalue weighted by atomic mass is 10.1. The summed E-state index contributed by atoms with van der Waals surface area (Å²) < 4.78 is 0. The van der Waals surface area contributed by atoms with E-state index in [-0.39, 0.29) is 0 Å². The Morgan fingerprint density at radius 2 is 1.76 bits per heavy atom. The number of rotatable bonds is 5. The van der Waals surface area contributed by atoms with Crippen molar-refractivity contribution in [3.8, 4) is 0 Å². The van der Waals surface area contributed by atoms with Crippen LogP contribution in [0.5, 0.6) is 0 Å². The summed E-state index contributed by atoms with van der Waals surface area (Å²) >= 11 is 1.92. The first kappa shape index (κ1) is 15.1. The second-order valence-corrected chi connectivity index (χ2v) is 10.7. The van der Waals surface area contributed by atoms with Crippen molar-refractivity contribution in [2.75, 3.05) is 18.6 Å². The topological polar surface area (TPSA) is 12.0 Å². The lowest BCUT2D eigenvalue weighted by Crippen LogP contribution is -2.49. The Bertz CT molecular complexity index is 355. The maximum Gasteiger partial charge on any atom is 0.148 e. The molecule has 0 fully saturated rings. The number of allylic oxidation sites excluding steroid dienone is 4. The molecule has 0 amide bonds. The van der Waals surface area contributed by atoms with Crippen LogP contribution in [-0.4, -0.2) is 26.8 Å². The van der Waals surface area contributed by atoms with Crippen molar-refractivity contribution in [1.82, 2.24) is 4.98 Å². The smallest absolute Gasteiger partial charge is 0.148 e. The van der Waals surface area contributed by atoms with Crippen LogP contribution in [0.1, 0.15) is 27.7 Å². The largest absolute Gasteiger partial charge is 0.333 e. The van der Waals surface area contributed by atoms with Crippen molar-refractivity contribution in [3.63, 3.8) is 0 Å². The van der Waals surface area contributed by atoms with Gasteiger partial charge in [-0.15, -0.1) is 0 Å². The highest BCUT2D eigenvalue weighted by atomic mass is 32.2. The molecular weight excluding hydrogens is 242 g/mol. The van der Waals surface area contributed by atoms with E-state index < -0.39 is 8.24 Å². The first-order chi connectivity index (χ1) is 7.83. The average molecular weight is 270 g/mol.